The van der Waals surface area contributed by atoms with E-state index in [1.807, 2.05) is 0 Å². The highest BCUT2D eigenvalue weighted by Gasteiger charge is 2.18. The number of benzene rings is 1. The van der Waals surface area contributed by atoms with E-state index in [1.165, 1.54) is 5.06 Å². The molecular weight excluding hydrogens is 214 g/mol. The number of carbonyl (C=O) groups is 1. The molecule has 1 aliphatic heterocycles. The number of amides is 1. The highest BCUT2D eigenvalue weighted by Crippen LogP contribution is 2.14. The smallest absolute Gasteiger partial charge is 0.271 e. The second-order valence-electron chi connectivity index (χ2n) is 3.45. The van der Waals surface area contributed by atoms with Gasteiger partial charge in [0.25, 0.3) is 5.91 Å². The third kappa shape index (κ3) is 2.49. The van der Waals surface area contributed by atoms with E-state index < -0.39 is 0 Å². The number of rotatable bonds is 1. The van der Waals surface area contributed by atoms with Gasteiger partial charge in [0.1, 0.15) is 0 Å². The number of hydrogen-bond donors (Lipinski definition) is 0. The predicted octanol–water partition coefficient (Wildman–Crippen LogP) is 2.51. The summed E-state index contributed by atoms with van der Waals surface area (Å²) in [6.07, 6.45) is 2.02. The Morgan fingerprint density at radius 2 is 2.00 bits per heavy atom. The summed E-state index contributed by atoms with van der Waals surface area (Å²) in [5, 5.41) is 2.05. The predicted molar refractivity (Wildman–Crippen MR) is 57.7 cm³/mol. The van der Waals surface area contributed by atoms with Crippen LogP contribution in [0, 0.1) is 0 Å². The molecule has 80 valence electrons. The van der Waals surface area contributed by atoms with Gasteiger partial charge < -0.3 is 0 Å². The molecule has 1 saturated heterocycles. The zero-order valence-electron chi connectivity index (χ0n) is 8.28. The summed E-state index contributed by atoms with van der Waals surface area (Å²) in [6.45, 7) is 1.29. The highest BCUT2D eigenvalue weighted by molar-refractivity contribution is 6.30. The monoisotopic (exact) mass is 225 g/mol. The molecule has 0 bridgehead atoms. The first kappa shape index (κ1) is 10.5. The van der Waals surface area contributed by atoms with Crippen LogP contribution in [0.5, 0.6) is 0 Å². The summed E-state index contributed by atoms with van der Waals surface area (Å²) >= 11 is 5.75. The molecule has 0 N–H and O–H groups in total. The Labute approximate surface area is 93.5 Å². The van der Waals surface area contributed by atoms with Crippen molar-refractivity contribution in [2.45, 2.75) is 12.8 Å². The van der Waals surface area contributed by atoms with Crippen LogP contribution in [0.3, 0.4) is 0 Å². The maximum atomic E-state index is 11.9. The van der Waals surface area contributed by atoms with Crippen molar-refractivity contribution in [2.75, 3.05) is 13.2 Å². The summed E-state index contributed by atoms with van der Waals surface area (Å²) in [6, 6.07) is 6.84. The Balaban J connectivity index is 2.09. The maximum Gasteiger partial charge on any atom is 0.277 e. The minimum absolute atomic E-state index is 0.0913. The van der Waals surface area contributed by atoms with E-state index in [9.17, 15) is 4.79 Å². The van der Waals surface area contributed by atoms with Crippen molar-refractivity contribution in [3.63, 3.8) is 0 Å². The average molecular weight is 226 g/mol. The van der Waals surface area contributed by atoms with Crippen molar-refractivity contribution in [1.82, 2.24) is 5.06 Å². The molecule has 0 aromatic heterocycles. The van der Waals surface area contributed by atoms with Crippen LogP contribution in [0.1, 0.15) is 23.2 Å². The first-order valence-corrected chi connectivity index (χ1v) is 5.35. The molecule has 15 heavy (non-hydrogen) atoms. The zero-order valence-corrected chi connectivity index (χ0v) is 9.04. The third-order valence-corrected chi connectivity index (χ3v) is 2.57. The van der Waals surface area contributed by atoms with Crippen molar-refractivity contribution >= 4 is 17.5 Å². The normalized spacial score (nSPS) is 16.5. The Morgan fingerprint density at radius 1 is 1.27 bits per heavy atom. The topological polar surface area (TPSA) is 29.5 Å². The lowest BCUT2D eigenvalue weighted by atomic mass is 10.2. The fourth-order valence-electron chi connectivity index (χ4n) is 1.49. The van der Waals surface area contributed by atoms with Crippen LogP contribution < -0.4 is 0 Å². The van der Waals surface area contributed by atoms with E-state index in [0.29, 0.717) is 23.7 Å². The molecule has 1 heterocycles. The Bertz CT molecular complexity index is 344. The Morgan fingerprint density at radius 3 is 2.60 bits per heavy atom. The number of hydroxylamine groups is 2. The molecule has 1 aromatic carbocycles. The van der Waals surface area contributed by atoms with Gasteiger partial charge in [0, 0.05) is 17.1 Å². The summed E-state index contributed by atoms with van der Waals surface area (Å²) in [5.41, 5.74) is 0.612. The summed E-state index contributed by atoms with van der Waals surface area (Å²) in [7, 11) is 0. The van der Waals surface area contributed by atoms with Crippen LogP contribution in [0.15, 0.2) is 24.3 Å². The van der Waals surface area contributed by atoms with Crippen LogP contribution in [0.25, 0.3) is 0 Å². The fourth-order valence-corrected chi connectivity index (χ4v) is 1.62. The van der Waals surface area contributed by atoms with Gasteiger partial charge in [0.05, 0.1) is 6.61 Å². The first-order chi connectivity index (χ1) is 7.27. The van der Waals surface area contributed by atoms with Gasteiger partial charge in [-0.15, -0.1) is 0 Å². The molecule has 0 aliphatic carbocycles. The van der Waals surface area contributed by atoms with E-state index in [-0.39, 0.29) is 5.91 Å². The highest BCUT2D eigenvalue weighted by atomic mass is 35.5. The molecular formula is C11H12ClNO2. The molecule has 1 amide bonds. The van der Waals surface area contributed by atoms with Crippen molar-refractivity contribution in [1.29, 1.82) is 0 Å². The zero-order chi connectivity index (χ0) is 10.7. The Hall–Kier alpha value is -1.06. The van der Waals surface area contributed by atoms with Gasteiger partial charge in [-0.2, -0.15) is 0 Å². The second kappa shape index (κ2) is 4.64. The molecule has 0 radical (unpaired) electrons. The molecule has 1 fully saturated rings. The lowest BCUT2D eigenvalue weighted by Crippen LogP contribution is -2.35. The van der Waals surface area contributed by atoms with E-state index in [2.05, 4.69) is 0 Å². The first-order valence-electron chi connectivity index (χ1n) is 4.98. The minimum atomic E-state index is -0.0913. The molecule has 0 atom stereocenters. The maximum absolute atomic E-state index is 11.9. The molecule has 0 unspecified atom stereocenters. The van der Waals surface area contributed by atoms with Gasteiger partial charge in [0.15, 0.2) is 0 Å². The summed E-state index contributed by atoms with van der Waals surface area (Å²) in [5.74, 6) is -0.0913. The fraction of sp³-hybridized carbons (Fsp3) is 0.364. The van der Waals surface area contributed by atoms with E-state index in [4.69, 9.17) is 16.4 Å². The van der Waals surface area contributed by atoms with Crippen LogP contribution in [0.4, 0.5) is 0 Å². The van der Waals surface area contributed by atoms with Crippen LogP contribution in [-0.4, -0.2) is 24.1 Å². The van der Waals surface area contributed by atoms with Gasteiger partial charge in [-0.05, 0) is 37.1 Å². The Kier molecular flexibility index (Phi) is 3.23. The summed E-state index contributed by atoms with van der Waals surface area (Å²) in [4.78, 5) is 17.1. The van der Waals surface area contributed by atoms with E-state index in [0.717, 1.165) is 12.8 Å². The minimum Gasteiger partial charge on any atom is -0.271 e. The molecule has 3 nitrogen and oxygen atoms in total. The van der Waals surface area contributed by atoms with Crippen LogP contribution in [-0.2, 0) is 4.84 Å². The molecule has 0 saturated carbocycles. The largest absolute Gasteiger partial charge is 0.277 e. The number of halogens is 1. The quantitative estimate of drug-likeness (QED) is 0.735. The molecule has 1 aromatic rings. The molecule has 0 spiro atoms. The van der Waals surface area contributed by atoms with Gasteiger partial charge in [-0.25, -0.2) is 5.06 Å². The van der Waals surface area contributed by atoms with Crippen LogP contribution >= 0.6 is 11.6 Å². The van der Waals surface area contributed by atoms with Crippen molar-refractivity contribution in [2.24, 2.45) is 0 Å². The van der Waals surface area contributed by atoms with E-state index >= 15 is 0 Å². The van der Waals surface area contributed by atoms with Gasteiger partial charge >= 0.3 is 0 Å². The lowest BCUT2D eigenvalue weighted by Gasteiger charge is -2.25. The molecule has 1 aliphatic rings. The lowest BCUT2D eigenvalue weighted by molar-refractivity contribution is -0.144. The van der Waals surface area contributed by atoms with Gasteiger partial charge in [-0.3, -0.25) is 9.63 Å². The molecule has 2 rings (SSSR count). The SMILES string of the molecule is O=C(c1ccc(Cl)cc1)N1CCCCO1. The summed E-state index contributed by atoms with van der Waals surface area (Å²) < 4.78 is 0. The third-order valence-electron chi connectivity index (χ3n) is 2.32. The van der Waals surface area contributed by atoms with Gasteiger partial charge in [-0.1, -0.05) is 11.6 Å². The average Bonchev–Trinajstić information content (AvgIpc) is 2.30. The van der Waals surface area contributed by atoms with Crippen molar-refractivity contribution < 1.29 is 9.63 Å². The molecule has 4 heteroatoms. The van der Waals surface area contributed by atoms with Crippen molar-refractivity contribution in [3.8, 4) is 0 Å². The second-order valence-corrected chi connectivity index (χ2v) is 3.89. The van der Waals surface area contributed by atoms with Crippen molar-refractivity contribution in [3.05, 3.63) is 34.9 Å². The standard InChI is InChI=1S/C11H12ClNO2/c12-10-5-3-9(4-6-10)11(14)13-7-1-2-8-15-13/h3-6H,1-2,7-8H2. The van der Waals surface area contributed by atoms with Gasteiger partial charge in [0.2, 0.25) is 0 Å². The number of hydrogen-bond acceptors (Lipinski definition) is 2. The number of nitrogens with zero attached hydrogens (tertiary/aromatic N) is 1. The van der Waals surface area contributed by atoms with E-state index in [1.54, 1.807) is 24.3 Å². The van der Waals surface area contributed by atoms with Crippen LogP contribution in [0.2, 0.25) is 5.02 Å². The number of carbonyl (C=O) groups excluding carboxylic acids is 1.